The first-order chi connectivity index (χ1) is 11.6. The minimum absolute atomic E-state index is 0.317. The van der Waals surface area contributed by atoms with E-state index < -0.39 is 0 Å². The lowest BCUT2D eigenvalue weighted by molar-refractivity contribution is 0.0956. The fourth-order valence-electron chi connectivity index (χ4n) is 2.23. The molecule has 3 aromatic rings. The summed E-state index contributed by atoms with van der Waals surface area (Å²) in [5.41, 5.74) is 8.38. The number of nitrogens with one attached hydrogen (secondary N) is 3. The lowest BCUT2D eigenvalue weighted by Gasteiger charge is -2.11. The second kappa shape index (κ2) is 6.90. The molecule has 0 bridgehead atoms. The Balaban J connectivity index is 1.81. The molecule has 7 heteroatoms. The van der Waals surface area contributed by atoms with Crippen molar-refractivity contribution in [1.82, 2.24) is 15.0 Å². The monoisotopic (exact) mass is 358 g/mol. The Hall–Kier alpha value is -2.57. The van der Waals surface area contributed by atoms with Crippen LogP contribution < -0.4 is 10.9 Å². The topological polar surface area (TPSA) is 61.8 Å². The van der Waals surface area contributed by atoms with Gasteiger partial charge < -0.3 is 4.98 Å². The first-order valence-corrected chi connectivity index (χ1v) is 8.03. The van der Waals surface area contributed by atoms with Gasteiger partial charge in [0.15, 0.2) is 4.77 Å². The number of nitrogens with zero attached hydrogens (tertiary/aromatic N) is 1. The van der Waals surface area contributed by atoms with Crippen molar-refractivity contribution in [2.75, 3.05) is 5.43 Å². The molecule has 122 valence electrons. The molecule has 0 spiro atoms. The molecular formula is C17H15ClN4OS. The van der Waals surface area contributed by atoms with E-state index in [1.165, 1.54) is 0 Å². The molecule has 0 aliphatic heterocycles. The van der Waals surface area contributed by atoms with Crippen LogP contribution in [0.2, 0.25) is 5.02 Å². The van der Waals surface area contributed by atoms with Crippen LogP contribution in [0.1, 0.15) is 16.1 Å². The molecule has 0 aliphatic carbocycles. The van der Waals surface area contributed by atoms with Crippen molar-refractivity contribution in [3.8, 4) is 5.69 Å². The van der Waals surface area contributed by atoms with Crippen LogP contribution in [0.15, 0.2) is 54.7 Å². The van der Waals surface area contributed by atoms with Gasteiger partial charge in [-0.05, 0) is 49.0 Å². The number of amides is 1. The molecule has 0 fully saturated rings. The van der Waals surface area contributed by atoms with Gasteiger partial charge in [0, 0.05) is 16.9 Å². The summed E-state index contributed by atoms with van der Waals surface area (Å²) in [6, 6.07) is 14.9. The van der Waals surface area contributed by atoms with E-state index in [0.717, 1.165) is 11.3 Å². The fourth-order valence-corrected chi connectivity index (χ4v) is 2.68. The standard InChI is InChI=1S/C17H15ClN4OS/c1-11-7-8-12(9-14(11)18)20-21-16(23)15-10-19-17(24)22(15)13-5-3-2-4-6-13/h2-10,20H,1H3,(H,19,24)(H,21,23). The number of halogens is 1. The van der Waals surface area contributed by atoms with E-state index in [2.05, 4.69) is 15.8 Å². The fraction of sp³-hybridized carbons (Fsp3) is 0.0588. The summed E-state index contributed by atoms with van der Waals surface area (Å²) in [6.07, 6.45) is 1.58. The van der Waals surface area contributed by atoms with Crippen LogP contribution in [0.4, 0.5) is 5.69 Å². The van der Waals surface area contributed by atoms with Gasteiger partial charge in [0.2, 0.25) is 0 Å². The number of anilines is 1. The summed E-state index contributed by atoms with van der Waals surface area (Å²) >= 11 is 11.4. The number of hydrogen-bond acceptors (Lipinski definition) is 3. The maximum absolute atomic E-state index is 12.5. The van der Waals surface area contributed by atoms with Gasteiger partial charge >= 0.3 is 0 Å². The van der Waals surface area contributed by atoms with Crippen molar-refractivity contribution in [1.29, 1.82) is 0 Å². The number of aryl methyl sites for hydroxylation is 1. The van der Waals surface area contributed by atoms with Gasteiger partial charge in [-0.15, -0.1) is 0 Å². The van der Waals surface area contributed by atoms with E-state index in [4.69, 9.17) is 23.8 Å². The highest BCUT2D eigenvalue weighted by Crippen LogP contribution is 2.19. The van der Waals surface area contributed by atoms with Gasteiger partial charge in [-0.3, -0.25) is 20.2 Å². The van der Waals surface area contributed by atoms with Crippen LogP contribution in [0.5, 0.6) is 0 Å². The number of benzene rings is 2. The summed E-state index contributed by atoms with van der Waals surface area (Å²) < 4.78 is 2.12. The van der Waals surface area contributed by atoms with Crippen LogP contribution in [-0.4, -0.2) is 15.5 Å². The second-order valence-electron chi connectivity index (χ2n) is 5.19. The van der Waals surface area contributed by atoms with Gasteiger partial charge in [-0.2, -0.15) is 0 Å². The highest BCUT2D eigenvalue weighted by molar-refractivity contribution is 7.71. The minimum Gasteiger partial charge on any atom is -0.336 e. The Labute approximate surface area is 149 Å². The van der Waals surface area contributed by atoms with Crippen LogP contribution in [-0.2, 0) is 0 Å². The molecule has 3 N–H and O–H groups in total. The molecule has 24 heavy (non-hydrogen) atoms. The molecule has 1 amide bonds. The SMILES string of the molecule is Cc1ccc(NNC(=O)c2c[nH]c(=S)n2-c2ccccc2)cc1Cl. The highest BCUT2D eigenvalue weighted by atomic mass is 35.5. The number of rotatable bonds is 4. The van der Waals surface area contributed by atoms with Crippen molar-refractivity contribution in [2.45, 2.75) is 6.92 Å². The minimum atomic E-state index is -0.317. The lowest BCUT2D eigenvalue weighted by Crippen LogP contribution is -2.31. The maximum atomic E-state index is 12.5. The summed E-state index contributed by atoms with van der Waals surface area (Å²) in [6.45, 7) is 1.92. The van der Waals surface area contributed by atoms with E-state index >= 15 is 0 Å². The molecule has 5 nitrogen and oxygen atoms in total. The van der Waals surface area contributed by atoms with Crippen molar-refractivity contribution < 1.29 is 4.79 Å². The second-order valence-corrected chi connectivity index (χ2v) is 5.99. The van der Waals surface area contributed by atoms with Crippen LogP contribution in [0.3, 0.4) is 0 Å². The predicted molar refractivity (Wildman–Crippen MR) is 98.2 cm³/mol. The number of hydrogen-bond donors (Lipinski definition) is 3. The number of imidazole rings is 1. The van der Waals surface area contributed by atoms with Crippen molar-refractivity contribution in [3.63, 3.8) is 0 Å². The van der Waals surface area contributed by atoms with Crippen molar-refractivity contribution in [3.05, 3.63) is 75.8 Å². The quantitative estimate of drug-likeness (QED) is 0.482. The number of H-pyrrole nitrogens is 1. The average molecular weight is 359 g/mol. The Morgan fingerprint density at radius 2 is 1.96 bits per heavy atom. The Kier molecular flexibility index (Phi) is 4.69. The number of para-hydroxylation sites is 1. The van der Waals surface area contributed by atoms with Crippen LogP contribution in [0.25, 0.3) is 5.69 Å². The zero-order chi connectivity index (χ0) is 17.1. The first kappa shape index (κ1) is 16.3. The molecule has 0 aliphatic rings. The third-order valence-electron chi connectivity index (χ3n) is 3.52. The van der Waals surface area contributed by atoms with Gasteiger partial charge in [0.25, 0.3) is 5.91 Å². The molecule has 1 heterocycles. The number of aromatic amines is 1. The molecule has 0 unspecified atom stereocenters. The first-order valence-electron chi connectivity index (χ1n) is 7.24. The Morgan fingerprint density at radius 1 is 1.21 bits per heavy atom. The number of carbonyl (C=O) groups is 1. The summed E-state index contributed by atoms with van der Waals surface area (Å²) in [5.74, 6) is -0.317. The van der Waals surface area contributed by atoms with Gasteiger partial charge in [0.1, 0.15) is 5.69 Å². The van der Waals surface area contributed by atoms with Gasteiger partial charge in [-0.1, -0.05) is 35.9 Å². The maximum Gasteiger partial charge on any atom is 0.288 e. The molecule has 0 saturated carbocycles. The third kappa shape index (κ3) is 3.34. The van der Waals surface area contributed by atoms with E-state index in [1.54, 1.807) is 16.8 Å². The zero-order valence-corrected chi connectivity index (χ0v) is 14.4. The van der Waals surface area contributed by atoms with E-state index in [1.807, 2.05) is 49.4 Å². The van der Waals surface area contributed by atoms with Crippen LogP contribution >= 0.6 is 23.8 Å². The number of carbonyl (C=O) groups excluding carboxylic acids is 1. The largest absolute Gasteiger partial charge is 0.336 e. The predicted octanol–water partition coefficient (Wildman–Crippen LogP) is 4.25. The summed E-state index contributed by atoms with van der Waals surface area (Å²) in [7, 11) is 0. The molecule has 0 saturated heterocycles. The highest BCUT2D eigenvalue weighted by Gasteiger charge is 2.14. The molecule has 2 aromatic carbocycles. The lowest BCUT2D eigenvalue weighted by atomic mass is 10.2. The summed E-state index contributed by atoms with van der Waals surface area (Å²) in [4.78, 5) is 15.4. The number of hydrazine groups is 1. The Morgan fingerprint density at radius 3 is 2.67 bits per heavy atom. The van der Waals surface area contributed by atoms with Gasteiger partial charge in [-0.25, -0.2) is 0 Å². The molecule has 1 aromatic heterocycles. The van der Waals surface area contributed by atoms with E-state index in [-0.39, 0.29) is 5.91 Å². The molecular weight excluding hydrogens is 344 g/mol. The van der Waals surface area contributed by atoms with Crippen molar-refractivity contribution in [2.24, 2.45) is 0 Å². The normalized spacial score (nSPS) is 10.4. The van der Waals surface area contributed by atoms with Gasteiger partial charge in [0.05, 0.1) is 5.69 Å². The average Bonchev–Trinajstić information content (AvgIpc) is 2.98. The molecule has 0 atom stereocenters. The smallest absolute Gasteiger partial charge is 0.288 e. The molecule has 3 rings (SSSR count). The van der Waals surface area contributed by atoms with Crippen LogP contribution in [0, 0.1) is 11.7 Å². The third-order valence-corrected chi connectivity index (χ3v) is 4.22. The molecule has 0 radical (unpaired) electrons. The van der Waals surface area contributed by atoms with Crippen molar-refractivity contribution >= 4 is 35.4 Å². The summed E-state index contributed by atoms with van der Waals surface area (Å²) in [5, 5.41) is 0.628. The van der Waals surface area contributed by atoms with E-state index in [9.17, 15) is 4.79 Å². The number of aromatic nitrogens is 2. The zero-order valence-electron chi connectivity index (χ0n) is 12.8. The van der Waals surface area contributed by atoms with E-state index in [0.29, 0.717) is 21.2 Å². The Bertz CT molecular complexity index is 933.